The van der Waals surface area contributed by atoms with Crippen molar-refractivity contribution >= 4 is 23.3 Å². The molecule has 0 amide bonds. The van der Waals surface area contributed by atoms with Gasteiger partial charge in [-0.25, -0.2) is 9.78 Å². The molecule has 2 heterocycles. The third kappa shape index (κ3) is 5.78. The Balaban J connectivity index is 1.59. The van der Waals surface area contributed by atoms with Gasteiger partial charge in [-0.3, -0.25) is 4.90 Å². The molecule has 0 atom stereocenters. The number of aliphatic hydroxyl groups excluding tert-OH is 1. The minimum absolute atomic E-state index is 0.196. The summed E-state index contributed by atoms with van der Waals surface area (Å²) in [6, 6.07) is 15.5. The van der Waals surface area contributed by atoms with Crippen LogP contribution >= 0.6 is 11.6 Å². The van der Waals surface area contributed by atoms with Gasteiger partial charge in [0.1, 0.15) is 11.4 Å². The Morgan fingerprint density at radius 2 is 1.65 bits per heavy atom. The molecule has 1 aromatic heterocycles. The normalized spacial score (nSPS) is 14.9. The van der Waals surface area contributed by atoms with Gasteiger partial charge >= 0.3 is 5.97 Å². The average Bonchev–Trinajstić information content (AvgIpc) is 3.25. The summed E-state index contributed by atoms with van der Waals surface area (Å²) in [4.78, 5) is 25.5. The highest BCUT2D eigenvalue weighted by Crippen LogP contribution is 2.30. The Bertz CT molecular complexity index is 1110. The molecule has 0 bridgehead atoms. The van der Waals surface area contributed by atoms with E-state index < -0.39 is 11.6 Å². The van der Waals surface area contributed by atoms with Crippen LogP contribution in [0.5, 0.6) is 0 Å². The Morgan fingerprint density at radius 3 is 2.24 bits per heavy atom. The Kier molecular flexibility index (Phi) is 7.26. The van der Waals surface area contributed by atoms with Crippen LogP contribution in [0, 0.1) is 0 Å². The summed E-state index contributed by atoms with van der Waals surface area (Å²) in [5.74, 6) is 0.127. The molecule has 1 aliphatic heterocycles. The average molecular weight is 483 g/mol. The lowest BCUT2D eigenvalue weighted by Gasteiger charge is -2.35. The maximum absolute atomic E-state index is 12.9. The zero-order valence-electron chi connectivity index (χ0n) is 19.8. The lowest BCUT2D eigenvalue weighted by molar-refractivity contribution is 0.00645. The Hall–Kier alpha value is -2.87. The molecule has 2 aromatic carbocycles. The number of anilines is 1. The number of nitrogens with one attached hydrogen (secondary N) is 1. The summed E-state index contributed by atoms with van der Waals surface area (Å²) in [7, 11) is 0. The van der Waals surface area contributed by atoms with Gasteiger partial charge in [-0.1, -0.05) is 23.7 Å². The van der Waals surface area contributed by atoms with Crippen LogP contribution in [0.4, 0.5) is 5.69 Å². The van der Waals surface area contributed by atoms with Gasteiger partial charge in [-0.2, -0.15) is 0 Å². The van der Waals surface area contributed by atoms with Gasteiger partial charge in [0, 0.05) is 54.6 Å². The fourth-order valence-corrected chi connectivity index (χ4v) is 4.14. The third-order valence-corrected chi connectivity index (χ3v) is 5.98. The molecule has 0 radical (unpaired) electrons. The summed E-state index contributed by atoms with van der Waals surface area (Å²) in [6.07, 6.45) is 0. The Morgan fingerprint density at radius 1 is 1.03 bits per heavy atom. The summed E-state index contributed by atoms with van der Waals surface area (Å²) in [5.41, 5.74) is 3.05. The number of imidazole rings is 1. The molecule has 0 aliphatic carbocycles. The van der Waals surface area contributed by atoms with Crippen LogP contribution in [0.15, 0.2) is 48.5 Å². The lowest BCUT2D eigenvalue weighted by atomic mass is 10.1. The number of aliphatic hydroxyl groups is 1. The molecule has 1 aliphatic rings. The third-order valence-electron chi connectivity index (χ3n) is 5.72. The maximum atomic E-state index is 12.9. The van der Waals surface area contributed by atoms with Crippen molar-refractivity contribution in [2.45, 2.75) is 26.4 Å². The number of carbonyl (C=O) groups excluding carboxylic acids is 1. The number of piperazine rings is 1. The van der Waals surface area contributed by atoms with Gasteiger partial charge in [0.2, 0.25) is 0 Å². The van der Waals surface area contributed by atoms with Crippen molar-refractivity contribution in [3.05, 3.63) is 59.2 Å². The van der Waals surface area contributed by atoms with Gasteiger partial charge in [0.25, 0.3) is 0 Å². The van der Waals surface area contributed by atoms with E-state index in [0.717, 1.165) is 49.5 Å². The zero-order chi connectivity index (χ0) is 24.3. The van der Waals surface area contributed by atoms with Gasteiger partial charge < -0.3 is 19.7 Å². The van der Waals surface area contributed by atoms with E-state index in [4.69, 9.17) is 21.4 Å². The number of hydrogen-bond donors (Lipinski definition) is 2. The fraction of sp³-hybridized carbons (Fsp3) is 0.385. The molecule has 34 heavy (non-hydrogen) atoms. The number of hydrogen-bond acceptors (Lipinski definition) is 6. The van der Waals surface area contributed by atoms with Gasteiger partial charge in [-0.15, -0.1) is 0 Å². The van der Waals surface area contributed by atoms with Gasteiger partial charge in [-0.05, 0) is 57.2 Å². The fourth-order valence-electron chi connectivity index (χ4n) is 4.01. The number of benzene rings is 2. The van der Waals surface area contributed by atoms with E-state index in [9.17, 15) is 4.79 Å². The number of β-amino-alcohol motifs (C(OH)–C–C–N with tert-alkyl or cyclic N) is 1. The first-order valence-electron chi connectivity index (χ1n) is 11.5. The molecule has 0 saturated carbocycles. The topological polar surface area (TPSA) is 81.7 Å². The van der Waals surface area contributed by atoms with E-state index in [2.05, 4.69) is 31.9 Å². The highest BCUT2D eigenvalue weighted by atomic mass is 35.5. The first-order valence-corrected chi connectivity index (χ1v) is 11.9. The molecule has 7 nitrogen and oxygen atoms in total. The number of H-pyrrole nitrogens is 1. The standard InChI is InChI=1S/C26H31ClN4O3/c1-26(2,3)34-25(33)23-22(18-4-8-20(27)9-5-18)28-24(29-23)19-6-10-21(11-7-19)31-14-12-30(13-15-31)16-17-32/h4-11,32H,12-17H2,1-3H3,(H,28,29). The van der Waals surface area contributed by atoms with E-state index in [1.54, 1.807) is 12.1 Å². The van der Waals surface area contributed by atoms with Crippen LogP contribution in [-0.2, 0) is 4.74 Å². The molecule has 0 spiro atoms. The second-order valence-corrected chi connectivity index (χ2v) is 9.85. The molecule has 4 rings (SSSR count). The summed E-state index contributed by atoms with van der Waals surface area (Å²) in [6.45, 7) is 10.1. The number of rotatable bonds is 6. The van der Waals surface area contributed by atoms with Crippen molar-refractivity contribution in [3.8, 4) is 22.6 Å². The van der Waals surface area contributed by atoms with Crippen LogP contribution in [-0.4, -0.2) is 70.9 Å². The van der Waals surface area contributed by atoms with E-state index in [1.165, 1.54) is 0 Å². The zero-order valence-corrected chi connectivity index (χ0v) is 20.6. The maximum Gasteiger partial charge on any atom is 0.359 e. The van der Waals surface area contributed by atoms with Crippen molar-refractivity contribution in [2.24, 2.45) is 0 Å². The number of carbonyl (C=O) groups is 1. The van der Waals surface area contributed by atoms with E-state index >= 15 is 0 Å². The van der Waals surface area contributed by atoms with Crippen molar-refractivity contribution in [3.63, 3.8) is 0 Å². The number of halogens is 1. The monoisotopic (exact) mass is 482 g/mol. The summed E-state index contributed by atoms with van der Waals surface area (Å²) >= 11 is 6.06. The summed E-state index contributed by atoms with van der Waals surface area (Å²) < 4.78 is 5.61. The van der Waals surface area contributed by atoms with Gasteiger partial charge in [0.05, 0.1) is 12.3 Å². The first kappa shape index (κ1) is 24.3. The predicted octanol–water partition coefficient (Wildman–Crippen LogP) is 4.47. The first-order chi connectivity index (χ1) is 16.2. The minimum Gasteiger partial charge on any atom is -0.455 e. The highest BCUT2D eigenvalue weighted by molar-refractivity contribution is 6.30. The lowest BCUT2D eigenvalue weighted by Crippen LogP contribution is -2.47. The number of aromatic amines is 1. The molecule has 2 N–H and O–H groups in total. The van der Waals surface area contributed by atoms with Crippen molar-refractivity contribution < 1.29 is 14.6 Å². The van der Waals surface area contributed by atoms with Crippen LogP contribution < -0.4 is 4.90 Å². The second kappa shape index (κ2) is 10.2. The molecular formula is C26H31ClN4O3. The van der Waals surface area contributed by atoms with Crippen LogP contribution in [0.3, 0.4) is 0 Å². The molecule has 8 heteroatoms. The largest absolute Gasteiger partial charge is 0.455 e. The molecule has 1 saturated heterocycles. The quantitative estimate of drug-likeness (QED) is 0.504. The number of esters is 1. The number of ether oxygens (including phenoxy) is 1. The van der Waals surface area contributed by atoms with Crippen LogP contribution in [0.25, 0.3) is 22.6 Å². The van der Waals surface area contributed by atoms with Crippen LogP contribution in [0.2, 0.25) is 5.02 Å². The number of aromatic nitrogens is 2. The van der Waals surface area contributed by atoms with Crippen molar-refractivity contribution in [1.82, 2.24) is 14.9 Å². The van der Waals surface area contributed by atoms with Crippen LogP contribution in [0.1, 0.15) is 31.3 Å². The van der Waals surface area contributed by atoms with E-state index in [1.807, 2.05) is 45.0 Å². The number of nitrogens with zero attached hydrogens (tertiary/aromatic N) is 3. The molecule has 1 fully saturated rings. The van der Waals surface area contributed by atoms with E-state index in [0.29, 0.717) is 16.5 Å². The smallest absolute Gasteiger partial charge is 0.359 e. The molecular weight excluding hydrogens is 452 g/mol. The molecule has 180 valence electrons. The minimum atomic E-state index is -0.629. The van der Waals surface area contributed by atoms with E-state index in [-0.39, 0.29) is 12.3 Å². The van der Waals surface area contributed by atoms with Gasteiger partial charge in [0.15, 0.2) is 5.69 Å². The van der Waals surface area contributed by atoms with Crippen molar-refractivity contribution in [1.29, 1.82) is 0 Å². The SMILES string of the molecule is CC(C)(C)OC(=O)c1nc(-c2ccc(N3CCN(CCO)CC3)cc2)[nH]c1-c1ccc(Cl)cc1. The second-order valence-electron chi connectivity index (χ2n) is 9.42. The van der Waals surface area contributed by atoms with Crippen molar-refractivity contribution in [2.75, 3.05) is 44.2 Å². The summed E-state index contributed by atoms with van der Waals surface area (Å²) in [5, 5.41) is 9.76. The predicted molar refractivity (Wildman–Crippen MR) is 135 cm³/mol. The highest BCUT2D eigenvalue weighted by Gasteiger charge is 2.25. The molecule has 3 aromatic rings. The Labute approximate surface area is 205 Å². The molecule has 0 unspecified atom stereocenters.